The van der Waals surface area contributed by atoms with Gasteiger partial charge in [-0.1, -0.05) is 18.2 Å². The maximum absolute atomic E-state index is 5.62. The Hall–Kier alpha value is -1.84. The van der Waals surface area contributed by atoms with Crippen LogP contribution < -0.4 is 15.4 Å². The van der Waals surface area contributed by atoms with Crippen LogP contribution in [-0.2, 0) is 20.1 Å². The fraction of sp³-hybridized carbons (Fsp3) is 0.400. The second kappa shape index (κ2) is 10.0. The van der Waals surface area contributed by atoms with Gasteiger partial charge in [-0.25, -0.2) is 4.98 Å². The summed E-state index contributed by atoms with van der Waals surface area (Å²) < 4.78 is 7.34. The smallest absolute Gasteiger partial charge is 0.191 e. The standard InChI is InChI=1S/C15H22N6O.HI/c1-4-22-13-8-6-5-7-12(13)9-17-15(16-2)18-10-14-19-11-20-21(14)3;/h5-8,11H,4,9-10H2,1-3H3,(H2,16,17,18);1H. The monoisotopic (exact) mass is 430 g/mol. The molecule has 1 aromatic heterocycles. The predicted molar refractivity (Wildman–Crippen MR) is 101 cm³/mol. The number of hydrogen-bond acceptors (Lipinski definition) is 4. The number of aromatic nitrogens is 3. The van der Waals surface area contributed by atoms with Crippen LogP contribution in [0.5, 0.6) is 5.75 Å². The van der Waals surface area contributed by atoms with Gasteiger partial charge in [-0.2, -0.15) is 5.10 Å². The van der Waals surface area contributed by atoms with Crippen LogP contribution in [0, 0.1) is 0 Å². The molecule has 7 nitrogen and oxygen atoms in total. The van der Waals surface area contributed by atoms with Gasteiger partial charge < -0.3 is 15.4 Å². The average Bonchev–Trinajstić information content (AvgIpc) is 2.94. The van der Waals surface area contributed by atoms with E-state index in [1.807, 2.05) is 38.2 Å². The number of ether oxygens (including phenoxy) is 1. The van der Waals surface area contributed by atoms with E-state index in [0.29, 0.717) is 25.7 Å². The van der Waals surface area contributed by atoms with E-state index in [1.54, 1.807) is 11.7 Å². The van der Waals surface area contributed by atoms with Crippen LogP contribution in [0.3, 0.4) is 0 Å². The zero-order valence-corrected chi connectivity index (χ0v) is 15.9. The fourth-order valence-electron chi connectivity index (χ4n) is 1.99. The molecule has 0 fully saturated rings. The van der Waals surface area contributed by atoms with E-state index in [1.165, 1.54) is 6.33 Å². The van der Waals surface area contributed by atoms with Gasteiger partial charge in [-0.15, -0.1) is 24.0 Å². The van der Waals surface area contributed by atoms with E-state index in [9.17, 15) is 0 Å². The molecule has 0 radical (unpaired) electrons. The Morgan fingerprint density at radius 3 is 2.65 bits per heavy atom. The Morgan fingerprint density at radius 2 is 2.00 bits per heavy atom. The molecule has 0 aliphatic carbocycles. The van der Waals surface area contributed by atoms with Gasteiger partial charge >= 0.3 is 0 Å². The topological polar surface area (TPSA) is 76.4 Å². The third kappa shape index (κ3) is 5.70. The van der Waals surface area contributed by atoms with Crippen molar-refractivity contribution in [3.8, 4) is 5.75 Å². The molecule has 0 aliphatic heterocycles. The molecule has 0 amide bonds. The molecule has 0 aliphatic rings. The van der Waals surface area contributed by atoms with Crippen molar-refractivity contribution in [3.05, 3.63) is 42.0 Å². The van der Waals surface area contributed by atoms with Gasteiger partial charge in [0.2, 0.25) is 0 Å². The van der Waals surface area contributed by atoms with E-state index in [2.05, 4.69) is 25.7 Å². The molecule has 23 heavy (non-hydrogen) atoms. The zero-order chi connectivity index (χ0) is 15.8. The van der Waals surface area contributed by atoms with Crippen molar-refractivity contribution >= 4 is 29.9 Å². The van der Waals surface area contributed by atoms with Gasteiger partial charge in [0, 0.05) is 26.2 Å². The minimum Gasteiger partial charge on any atom is -0.494 e. The molecule has 0 saturated heterocycles. The highest BCUT2D eigenvalue weighted by molar-refractivity contribution is 14.0. The molecule has 2 rings (SSSR count). The summed E-state index contributed by atoms with van der Waals surface area (Å²) in [5.41, 5.74) is 1.09. The second-order valence-electron chi connectivity index (χ2n) is 4.62. The van der Waals surface area contributed by atoms with Crippen LogP contribution in [0.2, 0.25) is 0 Å². The van der Waals surface area contributed by atoms with Crippen molar-refractivity contribution in [2.75, 3.05) is 13.7 Å². The highest BCUT2D eigenvalue weighted by atomic mass is 127. The van der Waals surface area contributed by atoms with Crippen molar-refractivity contribution < 1.29 is 4.74 Å². The molecule has 1 aromatic carbocycles. The zero-order valence-electron chi connectivity index (χ0n) is 13.6. The molecule has 126 valence electrons. The predicted octanol–water partition coefficient (Wildman–Crippen LogP) is 1.70. The van der Waals surface area contributed by atoms with Crippen molar-refractivity contribution in [1.29, 1.82) is 0 Å². The Kier molecular flexibility index (Phi) is 8.38. The molecule has 2 aromatic rings. The van der Waals surface area contributed by atoms with Crippen molar-refractivity contribution in [2.45, 2.75) is 20.0 Å². The first-order chi connectivity index (χ1) is 10.7. The molecule has 8 heteroatoms. The molecule has 0 saturated carbocycles. The first-order valence-corrected chi connectivity index (χ1v) is 7.22. The summed E-state index contributed by atoms with van der Waals surface area (Å²) in [7, 11) is 3.60. The summed E-state index contributed by atoms with van der Waals surface area (Å²) in [6.07, 6.45) is 1.53. The first kappa shape index (κ1) is 19.2. The number of hydrogen-bond donors (Lipinski definition) is 2. The lowest BCUT2D eigenvalue weighted by Crippen LogP contribution is -2.37. The number of nitrogens with zero attached hydrogens (tertiary/aromatic N) is 4. The van der Waals surface area contributed by atoms with Crippen molar-refractivity contribution in [1.82, 2.24) is 25.4 Å². The lowest BCUT2D eigenvalue weighted by atomic mass is 10.2. The summed E-state index contributed by atoms with van der Waals surface area (Å²) in [4.78, 5) is 8.37. The van der Waals surface area contributed by atoms with E-state index in [0.717, 1.165) is 17.1 Å². The number of halogens is 1. The lowest BCUT2D eigenvalue weighted by Gasteiger charge is -2.14. The highest BCUT2D eigenvalue weighted by Gasteiger charge is 2.05. The SMILES string of the molecule is CCOc1ccccc1CNC(=NC)NCc1ncnn1C.I. The number of para-hydroxylation sites is 1. The van der Waals surface area contributed by atoms with Crippen LogP contribution >= 0.6 is 24.0 Å². The summed E-state index contributed by atoms with van der Waals surface area (Å²) in [6, 6.07) is 7.97. The maximum atomic E-state index is 5.62. The van der Waals surface area contributed by atoms with Crippen LogP contribution in [0.4, 0.5) is 0 Å². The van der Waals surface area contributed by atoms with Gasteiger partial charge in [0.15, 0.2) is 5.96 Å². The summed E-state index contributed by atoms with van der Waals surface area (Å²) in [5, 5.41) is 10.5. The van der Waals surface area contributed by atoms with Crippen molar-refractivity contribution in [2.24, 2.45) is 12.0 Å². The fourth-order valence-corrected chi connectivity index (χ4v) is 1.99. The Labute approximate surface area is 153 Å². The second-order valence-corrected chi connectivity index (χ2v) is 4.62. The molecule has 1 heterocycles. The minimum atomic E-state index is 0. The summed E-state index contributed by atoms with van der Waals surface area (Å²) in [5.74, 6) is 2.44. The number of rotatable bonds is 6. The third-order valence-corrected chi connectivity index (χ3v) is 3.16. The lowest BCUT2D eigenvalue weighted by molar-refractivity contribution is 0.336. The highest BCUT2D eigenvalue weighted by Crippen LogP contribution is 2.17. The number of guanidine groups is 1. The van der Waals surface area contributed by atoms with E-state index >= 15 is 0 Å². The van der Waals surface area contributed by atoms with Gasteiger partial charge in [-0.05, 0) is 13.0 Å². The third-order valence-electron chi connectivity index (χ3n) is 3.16. The van der Waals surface area contributed by atoms with Crippen LogP contribution in [0.1, 0.15) is 18.3 Å². The summed E-state index contributed by atoms with van der Waals surface area (Å²) >= 11 is 0. The van der Waals surface area contributed by atoms with Crippen LogP contribution in [0.25, 0.3) is 0 Å². The van der Waals surface area contributed by atoms with Gasteiger partial charge in [-0.3, -0.25) is 9.67 Å². The normalized spacial score (nSPS) is 10.8. The molecule has 0 spiro atoms. The Bertz CT molecular complexity index is 628. The van der Waals surface area contributed by atoms with E-state index < -0.39 is 0 Å². The molecule has 0 bridgehead atoms. The van der Waals surface area contributed by atoms with Crippen LogP contribution in [-0.4, -0.2) is 34.4 Å². The molecular weight excluding hydrogens is 407 g/mol. The van der Waals surface area contributed by atoms with Crippen LogP contribution in [0.15, 0.2) is 35.6 Å². The van der Waals surface area contributed by atoms with Crippen molar-refractivity contribution in [3.63, 3.8) is 0 Å². The van der Waals surface area contributed by atoms with E-state index in [-0.39, 0.29) is 24.0 Å². The Balaban J connectivity index is 0.00000264. The minimum absolute atomic E-state index is 0. The number of nitrogens with one attached hydrogen (secondary N) is 2. The number of aryl methyl sites for hydroxylation is 1. The number of aliphatic imine (C=N–C) groups is 1. The van der Waals surface area contributed by atoms with Gasteiger partial charge in [0.25, 0.3) is 0 Å². The molecule has 0 unspecified atom stereocenters. The molecular formula is C15H23IN6O. The molecule has 2 N–H and O–H groups in total. The van der Waals surface area contributed by atoms with Gasteiger partial charge in [0.05, 0.1) is 13.2 Å². The Morgan fingerprint density at radius 1 is 1.26 bits per heavy atom. The van der Waals surface area contributed by atoms with Gasteiger partial charge in [0.1, 0.15) is 17.9 Å². The largest absolute Gasteiger partial charge is 0.494 e. The summed E-state index contributed by atoms with van der Waals surface area (Å²) in [6.45, 7) is 3.82. The van der Waals surface area contributed by atoms with E-state index in [4.69, 9.17) is 4.74 Å². The first-order valence-electron chi connectivity index (χ1n) is 7.22. The average molecular weight is 430 g/mol. The quantitative estimate of drug-likeness (QED) is 0.415. The molecule has 0 atom stereocenters. The number of benzene rings is 1. The maximum Gasteiger partial charge on any atom is 0.191 e.